The molecule has 0 N–H and O–H groups in total. The molecule has 0 aromatic heterocycles. The van der Waals surface area contributed by atoms with Gasteiger partial charge in [-0.1, -0.05) is 25.8 Å². The van der Waals surface area contributed by atoms with Crippen LogP contribution in [0.5, 0.6) is 0 Å². The first kappa shape index (κ1) is 10.3. The maximum atomic E-state index is 10.9. The lowest BCUT2D eigenvalue weighted by Crippen LogP contribution is -1.98. The summed E-state index contributed by atoms with van der Waals surface area (Å²) in [4.78, 5) is 10.9. The van der Waals surface area contributed by atoms with E-state index in [9.17, 15) is 4.79 Å². The van der Waals surface area contributed by atoms with Crippen molar-refractivity contribution in [1.82, 2.24) is 0 Å². The molecule has 0 amide bonds. The fraction of sp³-hybridized carbons (Fsp3) is 0.727. The topological polar surface area (TPSA) is 26.3 Å². The average Bonchev–Trinajstić information content (AvgIpc) is 2.82. The van der Waals surface area contributed by atoms with E-state index < -0.39 is 0 Å². The summed E-state index contributed by atoms with van der Waals surface area (Å²) in [6, 6.07) is 0. The van der Waals surface area contributed by atoms with Gasteiger partial charge in [0.2, 0.25) is 0 Å². The number of carbonyl (C=O) groups excluding carboxylic acids is 1. The highest BCUT2D eigenvalue weighted by molar-refractivity contribution is 5.81. The third-order valence-electron chi connectivity index (χ3n) is 2.40. The highest BCUT2D eigenvalue weighted by Crippen LogP contribution is 2.42. The Morgan fingerprint density at radius 3 is 2.92 bits per heavy atom. The number of hydrogen-bond donors (Lipinski definition) is 0. The fourth-order valence-corrected chi connectivity index (χ4v) is 1.60. The van der Waals surface area contributed by atoms with E-state index in [1.807, 2.05) is 13.0 Å². The van der Waals surface area contributed by atoms with Crippen LogP contribution in [0.1, 0.15) is 33.1 Å². The molecule has 0 unspecified atom stereocenters. The van der Waals surface area contributed by atoms with Crippen LogP contribution in [0.4, 0.5) is 0 Å². The molecule has 1 fully saturated rings. The summed E-state index contributed by atoms with van der Waals surface area (Å²) in [6.07, 6.45) is 7.36. The van der Waals surface area contributed by atoms with Crippen LogP contribution in [0.25, 0.3) is 0 Å². The lowest BCUT2D eigenvalue weighted by Gasteiger charge is -1.94. The second-order valence-corrected chi connectivity index (χ2v) is 3.56. The Kier molecular flexibility index (Phi) is 4.00. The van der Waals surface area contributed by atoms with Crippen molar-refractivity contribution in [3.63, 3.8) is 0 Å². The van der Waals surface area contributed by atoms with Gasteiger partial charge in [0.05, 0.1) is 6.61 Å². The van der Waals surface area contributed by atoms with Gasteiger partial charge >= 0.3 is 5.97 Å². The molecule has 0 saturated heterocycles. The van der Waals surface area contributed by atoms with Gasteiger partial charge in [-0.3, -0.25) is 0 Å². The quantitative estimate of drug-likeness (QED) is 0.482. The predicted molar refractivity (Wildman–Crippen MR) is 52.3 cm³/mol. The van der Waals surface area contributed by atoms with Crippen LogP contribution in [0, 0.1) is 11.8 Å². The molecule has 2 heteroatoms. The number of esters is 1. The monoisotopic (exact) mass is 182 g/mol. The Morgan fingerprint density at radius 2 is 2.31 bits per heavy atom. The maximum absolute atomic E-state index is 10.9. The molecule has 0 radical (unpaired) electrons. The Labute approximate surface area is 80.0 Å². The van der Waals surface area contributed by atoms with E-state index in [-0.39, 0.29) is 5.97 Å². The molecule has 2 atom stereocenters. The van der Waals surface area contributed by atoms with Gasteiger partial charge in [0.15, 0.2) is 0 Å². The molecule has 1 aliphatic rings. The zero-order valence-corrected chi connectivity index (χ0v) is 8.45. The zero-order valence-electron chi connectivity index (χ0n) is 8.45. The van der Waals surface area contributed by atoms with E-state index in [0.717, 1.165) is 5.92 Å². The molecule has 0 aromatic rings. The first-order chi connectivity index (χ1) is 6.27. The Balaban J connectivity index is 2.15. The third-order valence-corrected chi connectivity index (χ3v) is 2.40. The number of carbonyl (C=O) groups is 1. The molecule has 2 nitrogen and oxygen atoms in total. The van der Waals surface area contributed by atoms with Gasteiger partial charge in [0.25, 0.3) is 0 Å². The van der Waals surface area contributed by atoms with E-state index in [0.29, 0.717) is 12.5 Å². The maximum Gasteiger partial charge on any atom is 0.330 e. The molecule has 0 aliphatic heterocycles. The molecule has 74 valence electrons. The van der Waals surface area contributed by atoms with E-state index in [2.05, 4.69) is 6.92 Å². The zero-order chi connectivity index (χ0) is 9.68. The normalized spacial score (nSPS) is 26.3. The number of rotatable bonds is 5. The largest absolute Gasteiger partial charge is 0.463 e. The molecule has 1 rings (SSSR count). The van der Waals surface area contributed by atoms with Gasteiger partial charge in [-0.15, -0.1) is 0 Å². The van der Waals surface area contributed by atoms with E-state index in [1.165, 1.54) is 19.3 Å². The van der Waals surface area contributed by atoms with Crippen molar-refractivity contribution in [2.45, 2.75) is 33.1 Å². The van der Waals surface area contributed by atoms with Crippen LogP contribution in [0.15, 0.2) is 12.2 Å². The number of hydrogen-bond acceptors (Lipinski definition) is 2. The summed E-state index contributed by atoms with van der Waals surface area (Å²) in [5.41, 5.74) is 0. The van der Waals surface area contributed by atoms with Crippen molar-refractivity contribution >= 4 is 5.97 Å². The van der Waals surface area contributed by atoms with Gasteiger partial charge < -0.3 is 4.74 Å². The second-order valence-electron chi connectivity index (χ2n) is 3.56. The van der Waals surface area contributed by atoms with E-state index in [1.54, 1.807) is 6.08 Å². The average molecular weight is 182 g/mol. The summed E-state index contributed by atoms with van der Waals surface area (Å²) in [6.45, 7) is 4.49. The summed E-state index contributed by atoms with van der Waals surface area (Å²) in [7, 11) is 0. The minimum atomic E-state index is -0.204. The minimum Gasteiger partial charge on any atom is -0.463 e. The highest BCUT2D eigenvalue weighted by Gasteiger charge is 2.33. The lowest BCUT2D eigenvalue weighted by molar-refractivity contribution is -0.137. The molecule has 1 aliphatic carbocycles. The number of ether oxygens (including phenoxy) is 1. The van der Waals surface area contributed by atoms with Crippen LogP contribution in [0.3, 0.4) is 0 Å². The van der Waals surface area contributed by atoms with Gasteiger partial charge in [-0.05, 0) is 25.2 Å². The summed E-state index contributed by atoms with van der Waals surface area (Å²) in [5, 5.41) is 0. The van der Waals surface area contributed by atoms with Gasteiger partial charge in [-0.2, -0.15) is 0 Å². The van der Waals surface area contributed by atoms with Crippen molar-refractivity contribution in [2.75, 3.05) is 6.61 Å². The Morgan fingerprint density at radius 1 is 1.54 bits per heavy atom. The first-order valence-corrected chi connectivity index (χ1v) is 5.12. The molecule has 0 bridgehead atoms. The molecule has 13 heavy (non-hydrogen) atoms. The smallest absolute Gasteiger partial charge is 0.330 e. The molecule has 0 spiro atoms. The molecule has 0 heterocycles. The molecule has 0 aromatic carbocycles. The first-order valence-electron chi connectivity index (χ1n) is 5.12. The van der Waals surface area contributed by atoms with Crippen molar-refractivity contribution in [3.05, 3.63) is 12.2 Å². The van der Waals surface area contributed by atoms with Crippen molar-refractivity contribution in [3.8, 4) is 0 Å². The minimum absolute atomic E-state index is 0.204. The van der Waals surface area contributed by atoms with Gasteiger partial charge in [-0.25, -0.2) is 4.79 Å². The summed E-state index contributed by atoms with van der Waals surface area (Å²) in [5.74, 6) is 1.27. The summed E-state index contributed by atoms with van der Waals surface area (Å²) >= 11 is 0. The van der Waals surface area contributed by atoms with Gasteiger partial charge in [0.1, 0.15) is 0 Å². The van der Waals surface area contributed by atoms with E-state index >= 15 is 0 Å². The fourth-order valence-electron chi connectivity index (χ4n) is 1.60. The second kappa shape index (κ2) is 5.05. The van der Waals surface area contributed by atoms with Crippen molar-refractivity contribution < 1.29 is 9.53 Å². The molecular formula is C11H18O2. The van der Waals surface area contributed by atoms with Crippen LogP contribution in [-0.2, 0) is 9.53 Å². The Hall–Kier alpha value is -0.790. The standard InChI is InChI=1S/C11H18O2/c1-3-5-9-8-10(9)6-7-11(12)13-4-2/h6-7,9-10H,3-5,8H2,1-2H3/b7-6+/t9-,10-/m1/s1. The molecular weight excluding hydrogens is 164 g/mol. The third kappa shape index (κ3) is 3.62. The van der Waals surface area contributed by atoms with Crippen molar-refractivity contribution in [1.29, 1.82) is 0 Å². The Bertz CT molecular complexity index is 196. The van der Waals surface area contributed by atoms with Crippen LogP contribution < -0.4 is 0 Å². The highest BCUT2D eigenvalue weighted by atomic mass is 16.5. The SMILES string of the molecule is CCC[C@@H]1C[C@H]1/C=C/C(=O)OCC. The van der Waals surface area contributed by atoms with E-state index in [4.69, 9.17) is 4.74 Å². The predicted octanol–water partition coefficient (Wildman–Crippen LogP) is 2.54. The van der Waals surface area contributed by atoms with Crippen LogP contribution in [-0.4, -0.2) is 12.6 Å². The van der Waals surface area contributed by atoms with Gasteiger partial charge in [0, 0.05) is 6.08 Å². The lowest BCUT2D eigenvalue weighted by atomic mass is 10.2. The van der Waals surface area contributed by atoms with Crippen LogP contribution in [0.2, 0.25) is 0 Å². The van der Waals surface area contributed by atoms with Crippen molar-refractivity contribution in [2.24, 2.45) is 11.8 Å². The molecule has 1 saturated carbocycles. The summed E-state index contributed by atoms with van der Waals surface area (Å²) < 4.78 is 4.79. The number of allylic oxidation sites excluding steroid dienone is 1. The van der Waals surface area contributed by atoms with Crippen LogP contribution >= 0.6 is 0 Å².